The third-order valence-electron chi connectivity index (χ3n) is 3.46. The van der Waals surface area contributed by atoms with Crippen molar-refractivity contribution < 1.29 is 0 Å². The zero-order valence-corrected chi connectivity index (χ0v) is 10.2. The molecule has 3 unspecified atom stereocenters. The fourth-order valence-electron chi connectivity index (χ4n) is 2.42. The molecule has 2 heteroatoms. The number of piperazine rings is 1. The van der Waals surface area contributed by atoms with Gasteiger partial charge in [-0.2, -0.15) is 0 Å². The number of nitrogens with zero attached hydrogens (tertiary/aromatic N) is 1. The smallest absolute Gasteiger partial charge is 0.0195 e. The number of hydrogen-bond donors (Lipinski definition) is 1. The first-order valence-corrected chi connectivity index (χ1v) is 6.18. The Kier molecular flexibility index (Phi) is 4.90. The molecule has 0 amide bonds. The van der Waals surface area contributed by atoms with Crippen molar-refractivity contribution in [2.45, 2.75) is 65.1 Å². The molecule has 84 valence electrons. The van der Waals surface area contributed by atoms with Crippen molar-refractivity contribution in [2.24, 2.45) is 0 Å². The normalized spacial score (nSPS) is 31.7. The molecule has 1 saturated heterocycles. The molecule has 1 fully saturated rings. The van der Waals surface area contributed by atoms with E-state index in [0.29, 0.717) is 12.1 Å². The van der Waals surface area contributed by atoms with E-state index < -0.39 is 0 Å². The second-order valence-electron chi connectivity index (χ2n) is 4.70. The van der Waals surface area contributed by atoms with Crippen LogP contribution < -0.4 is 5.32 Å². The summed E-state index contributed by atoms with van der Waals surface area (Å²) in [6.07, 6.45) is 3.89. The van der Waals surface area contributed by atoms with E-state index in [1.807, 2.05) is 0 Å². The Bertz CT molecular complexity index is 158. The zero-order chi connectivity index (χ0) is 10.6. The molecule has 0 aromatic rings. The van der Waals surface area contributed by atoms with Gasteiger partial charge in [-0.05, 0) is 26.7 Å². The molecule has 3 atom stereocenters. The van der Waals surface area contributed by atoms with Gasteiger partial charge in [-0.1, -0.05) is 20.3 Å². The SMILES string of the molecule is CCCC(C)N1CC(CC)NCC1C. The van der Waals surface area contributed by atoms with Crippen LogP contribution in [-0.4, -0.2) is 36.1 Å². The first kappa shape index (κ1) is 12.0. The van der Waals surface area contributed by atoms with Gasteiger partial charge in [-0.3, -0.25) is 4.90 Å². The minimum atomic E-state index is 0.708. The standard InChI is InChI=1S/C12H26N2/c1-5-7-10(3)14-9-12(6-2)13-8-11(14)4/h10-13H,5-9H2,1-4H3. The maximum Gasteiger partial charge on any atom is 0.0195 e. The molecule has 1 N–H and O–H groups in total. The van der Waals surface area contributed by atoms with Gasteiger partial charge in [0.2, 0.25) is 0 Å². The fourth-order valence-corrected chi connectivity index (χ4v) is 2.42. The second kappa shape index (κ2) is 5.72. The van der Waals surface area contributed by atoms with Crippen LogP contribution in [0.2, 0.25) is 0 Å². The first-order chi connectivity index (χ1) is 6.69. The summed E-state index contributed by atoms with van der Waals surface area (Å²) in [4.78, 5) is 2.67. The van der Waals surface area contributed by atoms with E-state index in [9.17, 15) is 0 Å². The van der Waals surface area contributed by atoms with Gasteiger partial charge in [-0.25, -0.2) is 0 Å². The topological polar surface area (TPSA) is 15.3 Å². The lowest BCUT2D eigenvalue weighted by Crippen LogP contribution is -2.57. The van der Waals surface area contributed by atoms with Crippen LogP contribution in [0.25, 0.3) is 0 Å². The van der Waals surface area contributed by atoms with E-state index in [-0.39, 0.29) is 0 Å². The van der Waals surface area contributed by atoms with Gasteiger partial charge in [0, 0.05) is 31.2 Å². The van der Waals surface area contributed by atoms with Gasteiger partial charge in [0.05, 0.1) is 0 Å². The molecule has 2 nitrogen and oxygen atoms in total. The average molecular weight is 198 g/mol. The van der Waals surface area contributed by atoms with Gasteiger partial charge >= 0.3 is 0 Å². The Morgan fingerprint density at radius 2 is 2.14 bits per heavy atom. The lowest BCUT2D eigenvalue weighted by Gasteiger charge is -2.42. The lowest BCUT2D eigenvalue weighted by atomic mass is 10.0. The molecule has 1 aliphatic rings. The Morgan fingerprint density at radius 1 is 1.43 bits per heavy atom. The fraction of sp³-hybridized carbons (Fsp3) is 1.00. The summed E-state index contributed by atoms with van der Waals surface area (Å²) < 4.78 is 0. The van der Waals surface area contributed by atoms with Gasteiger partial charge in [0.25, 0.3) is 0 Å². The van der Waals surface area contributed by atoms with E-state index in [1.165, 1.54) is 25.8 Å². The molecule has 0 saturated carbocycles. The van der Waals surface area contributed by atoms with Crippen molar-refractivity contribution in [3.05, 3.63) is 0 Å². The van der Waals surface area contributed by atoms with E-state index >= 15 is 0 Å². The summed E-state index contributed by atoms with van der Waals surface area (Å²) in [5.74, 6) is 0. The molecule has 0 radical (unpaired) electrons. The molecular formula is C12H26N2. The van der Waals surface area contributed by atoms with Crippen molar-refractivity contribution in [3.63, 3.8) is 0 Å². The second-order valence-corrected chi connectivity index (χ2v) is 4.70. The molecule has 0 aliphatic carbocycles. The van der Waals surface area contributed by atoms with Crippen molar-refractivity contribution in [2.75, 3.05) is 13.1 Å². The molecule has 1 aliphatic heterocycles. The summed E-state index contributed by atoms with van der Waals surface area (Å²) >= 11 is 0. The van der Waals surface area contributed by atoms with Gasteiger partial charge < -0.3 is 5.32 Å². The highest BCUT2D eigenvalue weighted by Gasteiger charge is 2.26. The lowest BCUT2D eigenvalue weighted by molar-refractivity contribution is 0.0928. The summed E-state index contributed by atoms with van der Waals surface area (Å²) in [6.45, 7) is 11.7. The highest BCUT2D eigenvalue weighted by atomic mass is 15.2. The predicted molar refractivity (Wildman–Crippen MR) is 62.6 cm³/mol. The Hall–Kier alpha value is -0.0800. The molecule has 0 aromatic heterocycles. The Balaban J connectivity index is 2.46. The molecule has 0 aromatic carbocycles. The zero-order valence-electron chi connectivity index (χ0n) is 10.2. The largest absolute Gasteiger partial charge is 0.311 e. The van der Waals surface area contributed by atoms with Gasteiger partial charge in [-0.15, -0.1) is 0 Å². The quantitative estimate of drug-likeness (QED) is 0.745. The van der Waals surface area contributed by atoms with Crippen LogP contribution in [0, 0.1) is 0 Å². The van der Waals surface area contributed by atoms with Crippen molar-refractivity contribution in [1.29, 1.82) is 0 Å². The molecular weight excluding hydrogens is 172 g/mol. The van der Waals surface area contributed by atoms with Crippen LogP contribution in [-0.2, 0) is 0 Å². The first-order valence-electron chi connectivity index (χ1n) is 6.18. The van der Waals surface area contributed by atoms with Crippen molar-refractivity contribution >= 4 is 0 Å². The average Bonchev–Trinajstić information content (AvgIpc) is 2.19. The van der Waals surface area contributed by atoms with Crippen LogP contribution in [0.1, 0.15) is 47.0 Å². The number of rotatable bonds is 4. The Morgan fingerprint density at radius 3 is 2.71 bits per heavy atom. The van der Waals surface area contributed by atoms with E-state index in [0.717, 1.165) is 12.6 Å². The van der Waals surface area contributed by atoms with Gasteiger partial charge in [0.1, 0.15) is 0 Å². The van der Waals surface area contributed by atoms with Gasteiger partial charge in [0.15, 0.2) is 0 Å². The van der Waals surface area contributed by atoms with Crippen molar-refractivity contribution in [3.8, 4) is 0 Å². The highest BCUT2D eigenvalue weighted by Crippen LogP contribution is 2.15. The summed E-state index contributed by atoms with van der Waals surface area (Å²) in [5.41, 5.74) is 0. The molecule has 0 spiro atoms. The van der Waals surface area contributed by atoms with Crippen molar-refractivity contribution in [1.82, 2.24) is 10.2 Å². The minimum absolute atomic E-state index is 0.708. The van der Waals surface area contributed by atoms with Crippen LogP contribution in [0.3, 0.4) is 0 Å². The van der Waals surface area contributed by atoms with Crippen LogP contribution in [0.15, 0.2) is 0 Å². The number of nitrogens with one attached hydrogen (secondary N) is 1. The van der Waals surface area contributed by atoms with E-state index in [4.69, 9.17) is 0 Å². The van der Waals surface area contributed by atoms with Crippen LogP contribution in [0.4, 0.5) is 0 Å². The molecule has 0 bridgehead atoms. The summed E-state index contributed by atoms with van der Waals surface area (Å²) in [6, 6.07) is 2.18. The summed E-state index contributed by atoms with van der Waals surface area (Å²) in [5, 5.41) is 3.60. The molecule has 1 rings (SSSR count). The highest BCUT2D eigenvalue weighted by molar-refractivity contribution is 4.85. The third-order valence-corrected chi connectivity index (χ3v) is 3.46. The van der Waals surface area contributed by atoms with Crippen LogP contribution in [0.5, 0.6) is 0 Å². The monoisotopic (exact) mass is 198 g/mol. The molecule has 14 heavy (non-hydrogen) atoms. The maximum absolute atomic E-state index is 3.60. The molecule has 1 heterocycles. The Labute approximate surface area is 89.1 Å². The number of hydrogen-bond acceptors (Lipinski definition) is 2. The van der Waals surface area contributed by atoms with E-state index in [1.54, 1.807) is 0 Å². The maximum atomic E-state index is 3.60. The predicted octanol–water partition coefficient (Wildman–Crippen LogP) is 2.25. The van der Waals surface area contributed by atoms with E-state index in [2.05, 4.69) is 37.9 Å². The third kappa shape index (κ3) is 2.96. The summed E-state index contributed by atoms with van der Waals surface area (Å²) in [7, 11) is 0. The minimum Gasteiger partial charge on any atom is -0.311 e. The van der Waals surface area contributed by atoms with Crippen LogP contribution >= 0.6 is 0 Å².